The molecule has 1 saturated heterocycles. The number of aryl methyl sites for hydroxylation is 2. The Balaban J connectivity index is 1.58. The summed E-state index contributed by atoms with van der Waals surface area (Å²) in [4.78, 5) is 14.8. The topological polar surface area (TPSA) is 54.5 Å². The summed E-state index contributed by atoms with van der Waals surface area (Å²) in [6, 6.07) is 7.08. The van der Waals surface area contributed by atoms with Gasteiger partial charge in [-0.3, -0.25) is 4.79 Å². The summed E-state index contributed by atoms with van der Waals surface area (Å²) in [5.41, 5.74) is -5.54. The molecule has 3 aliphatic rings. The summed E-state index contributed by atoms with van der Waals surface area (Å²) in [5, 5.41) is 0. The number of sulfone groups is 1. The van der Waals surface area contributed by atoms with Crippen LogP contribution in [0, 0.1) is 5.92 Å². The van der Waals surface area contributed by atoms with Gasteiger partial charge >= 0.3 is 18.0 Å². The quantitative estimate of drug-likeness (QED) is 0.347. The van der Waals surface area contributed by atoms with Gasteiger partial charge in [0, 0.05) is 24.6 Å². The third-order valence-corrected chi connectivity index (χ3v) is 11.5. The molecule has 1 aliphatic heterocycles. The van der Waals surface area contributed by atoms with Crippen LogP contribution in [0.3, 0.4) is 0 Å². The first-order chi connectivity index (χ1) is 19.1. The lowest BCUT2D eigenvalue weighted by Crippen LogP contribution is -2.50. The molecule has 4 nitrogen and oxygen atoms in total. The van der Waals surface area contributed by atoms with E-state index in [4.69, 9.17) is 0 Å². The molecule has 2 aromatic carbocycles. The first-order valence-electron chi connectivity index (χ1n) is 13.7. The van der Waals surface area contributed by atoms with Crippen LogP contribution in [0.4, 0.5) is 30.7 Å². The Morgan fingerprint density at radius 2 is 1.41 bits per heavy atom. The molecule has 41 heavy (non-hydrogen) atoms. The molecule has 1 heterocycles. The summed E-state index contributed by atoms with van der Waals surface area (Å²) >= 11 is 0. The molecule has 1 saturated carbocycles. The van der Waals surface area contributed by atoms with Crippen LogP contribution in [0.5, 0.6) is 0 Å². The summed E-state index contributed by atoms with van der Waals surface area (Å²) in [6.45, 7) is -0.250. The number of alkyl halides is 7. The Hall–Kier alpha value is -2.63. The number of hydrogen-bond donors (Lipinski definition) is 0. The fourth-order valence-corrected chi connectivity index (χ4v) is 8.75. The maximum atomic E-state index is 14.7. The van der Waals surface area contributed by atoms with Crippen LogP contribution in [0.1, 0.15) is 67.2 Å². The van der Waals surface area contributed by atoms with Gasteiger partial charge in [-0.25, -0.2) is 12.8 Å². The van der Waals surface area contributed by atoms with Crippen molar-refractivity contribution in [1.82, 2.24) is 4.90 Å². The van der Waals surface area contributed by atoms with Crippen LogP contribution in [-0.2, 0) is 37.9 Å². The van der Waals surface area contributed by atoms with E-state index in [1.54, 1.807) is 12.1 Å². The lowest BCUT2D eigenvalue weighted by atomic mass is 9.88. The highest BCUT2D eigenvalue weighted by molar-refractivity contribution is 7.92. The molecular formula is C29H30F7NO3S. The van der Waals surface area contributed by atoms with E-state index in [0.29, 0.717) is 31.4 Å². The molecular weight excluding hydrogens is 575 g/mol. The maximum absolute atomic E-state index is 14.7. The first kappa shape index (κ1) is 29.8. The van der Waals surface area contributed by atoms with Crippen molar-refractivity contribution >= 4 is 15.7 Å². The normalized spacial score (nSPS) is 22.7. The van der Waals surface area contributed by atoms with Gasteiger partial charge in [0.1, 0.15) is 4.75 Å². The van der Waals surface area contributed by atoms with Crippen molar-refractivity contribution in [2.75, 3.05) is 13.1 Å². The standard InChI is InChI=1S/C29H30F7NO3S/c30-27(28(31,32)33,29(34,35)36)23-12-10-22(11-13-23)26(15-16-37(18-26)25(38)20-5-2-1-3-6-20)41(39,40)24-14-9-19-7-4-8-21(19)17-24/h9-14,17,20H,1-8,15-16,18H2. The molecule has 1 amide bonds. The lowest BCUT2D eigenvalue weighted by molar-refractivity contribution is -0.348. The zero-order chi connectivity index (χ0) is 29.8. The van der Waals surface area contributed by atoms with E-state index in [-0.39, 0.29) is 41.8 Å². The minimum Gasteiger partial charge on any atom is -0.340 e. The fourth-order valence-electron chi connectivity index (χ4n) is 6.62. The Kier molecular flexibility index (Phi) is 7.48. The van der Waals surface area contributed by atoms with Crippen molar-refractivity contribution in [2.45, 2.75) is 85.5 Å². The first-order valence-corrected chi connectivity index (χ1v) is 15.2. The minimum atomic E-state index is -6.29. The number of rotatable bonds is 5. The van der Waals surface area contributed by atoms with Crippen molar-refractivity contribution in [3.8, 4) is 0 Å². The fraction of sp³-hybridized carbons (Fsp3) is 0.552. The predicted molar refractivity (Wildman–Crippen MR) is 136 cm³/mol. The number of carbonyl (C=O) groups excluding carboxylic acids is 1. The van der Waals surface area contributed by atoms with Crippen molar-refractivity contribution in [1.29, 1.82) is 0 Å². The van der Waals surface area contributed by atoms with Gasteiger partial charge in [-0.15, -0.1) is 0 Å². The average Bonchev–Trinajstić information content (AvgIpc) is 3.60. The van der Waals surface area contributed by atoms with Crippen LogP contribution in [0.25, 0.3) is 0 Å². The van der Waals surface area contributed by atoms with E-state index in [0.717, 1.165) is 55.4 Å². The van der Waals surface area contributed by atoms with Gasteiger partial charge < -0.3 is 4.90 Å². The van der Waals surface area contributed by atoms with E-state index in [1.165, 1.54) is 11.0 Å². The van der Waals surface area contributed by atoms with Crippen molar-refractivity contribution in [3.05, 3.63) is 64.7 Å². The molecule has 2 aromatic rings. The molecule has 12 heteroatoms. The Morgan fingerprint density at radius 1 is 0.805 bits per heavy atom. The Labute approximate surface area is 233 Å². The number of carbonyl (C=O) groups is 1. The van der Waals surface area contributed by atoms with E-state index in [9.17, 15) is 43.9 Å². The second kappa shape index (κ2) is 10.3. The maximum Gasteiger partial charge on any atom is 0.435 e. The van der Waals surface area contributed by atoms with E-state index in [2.05, 4.69) is 0 Å². The number of fused-ring (bicyclic) bond motifs is 1. The van der Waals surface area contributed by atoms with E-state index < -0.39 is 38.2 Å². The molecule has 0 aromatic heterocycles. The monoisotopic (exact) mass is 605 g/mol. The third-order valence-electron chi connectivity index (χ3n) is 8.98. The van der Waals surface area contributed by atoms with Crippen LogP contribution < -0.4 is 0 Å². The Bertz CT molecular complexity index is 1400. The number of nitrogens with zero attached hydrogens (tertiary/aromatic N) is 1. The zero-order valence-electron chi connectivity index (χ0n) is 22.1. The number of hydrogen-bond acceptors (Lipinski definition) is 3. The van der Waals surface area contributed by atoms with Gasteiger partial charge in [0.05, 0.1) is 4.90 Å². The molecule has 224 valence electrons. The van der Waals surface area contributed by atoms with Crippen molar-refractivity contribution in [2.24, 2.45) is 5.92 Å². The van der Waals surface area contributed by atoms with Gasteiger partial charge in [-0.1, -0.05) is 49.6 Å². The lowest BCUT2D eigenvalue weighted by Gasteiger charge is -2.33. The van der Waals surface area contributed by atoms with E-state index in [1.807, 2.05) is 0 Å². The number of halogens is 7. The highest BCUT2D eigenvalue weighted by Gasteiger charge is 2.73. The molecule has 2 aliphatic carbocycles. The zero-order valence-corrected chi connectivity index (χ0v) is 22.9. The second-order valence-electron chi connectivity index (χ2n) is 11.4. The minimum absolute atomic E-state index is 0.0281. The second-order valence-corrected chi connectivity index (χ2v) is 13.6. The predicted octanol–water partition coefficient (Wildman–Crippen LogP) is 6.95. The molecule has 1 unspecified atom stereocenters. The van der Waals surface area contributed by atoms with Gasteiger partial charge in [-0.2, -0.15) is 26.3 Å². The molecule has 0 radical (unpaired) electrons. The highest BCUT2D eigenvalue weighted by atomic mass is 32.2. The SMILES string of the molecule is O=C(C1CCCCC1)N1CCC(c2ccc(C(F)(C(F)(F)F)C(F)(F)F)cc2)(S(=O)(=O)c2ccc3c(c2)CCC3)C1. The number of amides is 1. The van der Waals surface area contributed by atoms with Gasteiger partial charge in [0.2, 0.25) is 5.91 Å². The molecule has 0 N–H and O–H groups in total. The Morgan fingerprint density at radius 3 is 2.02 bits per heavy atom. The molecule has 0 spiro atoms. The van der Waals surface area contributed by atoms with Crippen LogP contribution in [0.15, 0.2) is 47.4 Å². The summed E-state index contributed by atoms with van der Waals surface area (Å²) < 4.78 is 122. The largest absolute Gasteiger partial charge is 0.435 e. The summed E-state index contributed by atoms with van der Waals surface area (Å²) in [7, 11) is -4.31. The van der Waals surface area contributed by atoms with Gasteiger partial charge in [0.15, 0.2) is 9.84 Å². The third kappa shape index (κ3) is 4.83. The molecule has 2 fully saturated rings. The van der Waals surface area contributed by atoms with Crippen molar-refractivity contribution < 1.29 is 43.9 Å². The molecule has 1 atom stereocenters. The number of likely N-dealkylation sites (tertiary alicyclic amines) is 1. The summed E-state index contributed by atoms with van der Waals surface area (Å²) in [6.07, 6.45) is -6.28. The highest BCUT2D eigenvalue weighted by Crippen LogP contribution is 2.54. The van der Waals surface area contributed by atoms with E-state index >= 15 is 0 Å². The summed E-state index contributed by atoms with van der Waals surface area (Å²) in [5.74, 6) is -0.473. The number of benzene rings is 2. The van der Waals surface area contributed by atoms with Crippen molar-refractivity contribution in [3.63, 3.8) is 0 Å². The van der Waals surface area contributed by atoms with Gasteiger partial charge in [-0.05, 0) is 67.3 Å². The van der Waals surface area contributed by atoms with Gasteiger partial charge in [0.25, 0.3) is 0 Å². The smallest absolute Gasteiger partial charge is 0.340 e. The average molecular weight is 606 g/mol. The van der Waals surface area contributed by atoms with Crippen LogP contribution in [-0.4, -0.2) is 44.7 Å². The van der Waals surface area contributed by atoms with Crippen LogP contribution >= 0.6 is 0 Å². The molecule has 0 bridgehead atoms. The van der Waals surface area contributed by atoms with Crippen LogP contribution in [0.2, 0.25) is 0 Å². The molecule has 5 rings (SSSR count).